The fourth-order valence-electron chi connectivity index (χ4n) is 2.67. The zero-order valence-corrected chi connectivity index (χ0v) is 13.9. The van der Waals surface area contributed by atoms with Crippen LogP contribution >= 0.6 is 11.6 Å². The van der Waals surface area contributed by atoms with E-state index in [0.717, 1.165) is 11.1 Å². The summed E-state index contributed by atoms with van der Waals surface area (Å²) in [7, 11) is 0. The summed E-state index contributed by atoms with van der Waals surface area (Å²) in [5.41, 5.74) is 2.99. The van der Waals surface area contributed by atoms with Gasteiger partial charge in [0.2, 0.25) is 0 Å². The van der Waals surface area contributed by atoms with Crippen molar-refractivity contribution in [2.45, 2.75) is 6.54 Å². The van der Waals surface area contributed by atoms with Crippen LogP contribution in [0.15, 0.2) is 71.8 Å². The summed E-state index contributed by atoms with van der Waals surface area (Å²) in [6.45, 7) is 0.694. The number of halogens is 1. The molecule has 0 atom stereocenters. The first-order chi connectivity index (χ1) is 12.2. The topological polar surface area (TPSA) is 64.1 Å². The summed E-state index contributed by atoms with van der Waals surface area (Å²) in [6, 6.07) is 14.6. The van der Waals surface area contributed by atoms with Crippen LogP contribution in [0.1, 0.15) is 5.56 Å². The van der Waals surface area contributed by atoms with Crippen molar-refractivity contribution < 1.29 is 9.63 Å². The number of aromatic nitrogens is 3. The van der Waals surface area contributed by atoms with E-state index in [0.29, 0.717) is 28.6 Å². The summed E-state index contributed by atoms with van der Waals surface area (Å²) in [6.07, 6.45) is 5.40. The van der Waals surface area contributed by atoms with Crippen LogP contribution in [-0.4, -0.2) is 19.8 Å². The molecule has 5 nitrogen and oxygen atoms in total. The van der Waals surface area contributed by atoms with Crippen LogP contribution in [0.5, 0.6) is 5.75 Å². The first kappa shape index (κ1) is 15.5. The SMILES string of the molecule is Oc1ccccc1-c1cc(-c2ccc(Cn3ccnc3)cc2Cl)on1. The van der Waals surface area contributed by atoms with Gasteiger partial charge < -0.3 is 14.2 Å². The lowest BCUT2D eigenvalue weighted by Crippen LogP contribution is -1.96. The molecule has 0 radical (unpaired) electrons. The van der Waals surface area contributed by atoms with E-state index in [9.17, 15) is 5.11 Å². The molecule has 2 aromatic carbocycles. The average molecular weight is 352 g/mol. The predicted octanol–water partition coefficient (Wildman–Crippen LogP) is 4.61. The van der Waals surface area contributed by atoms with Crippen LogP contribution in [0, 0.1) is 0 Å². The van der Waals surface area contributed by atoms with Gasteiger partial charge in [-0.15, -0.1) is 0 Å². The molecule has 124 valence electrons. The smallest absolute Gasteiger partial charge is 0.168 e. The minimum atomic E-state index is 0.157. The normalized spacial score (nSPS) is 10.9. The number of phenolic OH excluding ortho intramolecular Hbond substituents is 1. The van der Waals surface area contributed by atoms with E-state index in [2.05, 4.69) is 10.1 Å². The Morgan fingerprint density at radius 1 is 1.08 bits per heavy atom. The van der Waals surface area contributed by atoms with Gasteiger partial charge in [0.1, 0.15) is 11.4 Å². The number of rotatable bonds is 4. The van der Waals surface area contributed by atoms with Crippen molar-refractivity contribution in [1.82, 2.24) is 14.7 Å². The predicted molar refractivity (Wildman–Crippen MR) is 95.4 cm³/mol. The van der Waals surface area contributed by atoms with E-state index in [1.807, 2.05) is 35.0 Å². The molecule has 0 unspecified atom stereocenters. The zero-order valence-electron chi connectivity index (χ0n) is 13.1. The van der Waals surface area contributed by atoms with Crippen molar-refractivity contribution in [3.05, 3.63) is 77.8 Å². The highest BCUT2D eigenvalue weighted by atomic mass is 35.5. The Labute approximate surface area is 149 Å². The molecule has 1 N–H and O–H groups in total. The number of benzene rings is 2. The van der Waals surface area contributed by atoms with Crippen molar-refractivity contribution in [2.24, 2.45) is 0 Å². The molecule has 0 aliphatic heterocycles. The van der Waals surface area contributed by atoms with Gasteiger partial charge in [-0.25, -0.2) is 4.98 Å². The van der Waals surface area contributed by atoms with Crippen molar-refractivity contribution in [2.75, 3.05) is 0 Å². The highest BCUT2D eigenvalue weighted by molar-refractivity contribution is 6.33. The summed E-state index contributed by atoms with van der Waals surface area (Å²) in [5, 5.41) is 14.6. The van der Waals surface area contributed by atoms with Crippen LogP contribution in [0.25, 0.3) is 22.6 Å². The molecule has 2 heterocycles. The molecular formula is C19H14ClN3O2. The van der Waals surface area contributed by atoms with Gasteiger partial charge in [-0.05, 0) is 29.8 Å². The molecule has 0 aliphatic carbocycles. The maximum atomic E-state index is 9.94. The molecule has 2 aromatic heterocycles. The number of nitrogens with zero attached hydrogens (tertiary/aromatic N) is 3. The second-order valence-corrected chi connectivity index (χ2v) is 6.05. The van der Waals surface area contributed by atoms with Crippen LogP contribution < -0.4 is 0 Å². The Kier molecular flexibility index (Phi) is 3.99. The molecule has 6 heteroatoms. The second kappa shape index (κ2) is 6.45. The lowest BCUT2D eigenvalue weighted by atomic mass is 10.1. The van der Waals surface area contributed by atoms with E-state index < -0.39 is 0 Å². The maximum Gasteiger partial charge on any atom is 0.168 e. The molecular weight excluding hydrogens is 338 g/mol. The standard InChI is InChI=1S/C19H14ClN3O2/c20-16-9-13(11-23-8-7-21-12-23)5-6-14(16)19-10-17(22-25-19)15-3-1-2-4-18(15)24/h1-10,12,24H,11H2. The Hall–Kier alpha value is -3.05. The van der Waals surface area contributed by atoms with Crippen LogP contribution in [0.2, 0.25) is 5.02 Å². The molecule has 0 fully saturated rings. The van der Waals surface area contributed by atoms with Gasteiger partial charge >= 0.3 is 0 Å². The van der Waals surface area contributed by atoms with Gasteiger partial charge in [0.25, 0.3) is 0 Å². The van der Waals surface area contributed by atoms with Crippen molar-refractivity contribution >= 4 is 11.6 Å². The zero-order chi connectivity index (χ0) is 17.2. The number of hydrogen-bond donors (Lipinski definition) is 1. The Morgan fingerprint density at radius 3 is 2.72 bits per heavy atom. The van der Waals surface area contributed by atoms with E-state index in [1.165, 1.54) is 0 Å². The lowest BCUT2D eigenvalue weighted by Gasteiger charge is -2.05. The Bertz CT molecular complexity index is 1010. The van der Waals surface area contributed by atoms with Gasteiger partial charge in [0.15, 0.2) is 5.76 Å². The number of para-hydroxylation sites is 1. The van der Waals surface area contributed by atoms with E-state index in [-0.39, 0.29) is 5.75 Å². The molecule has 0 spiro atoms. The van der Waals surface area contributed by atoms with Gasteiger partial charge in [0.05, 0.1) is 11.3 Å². The van der Waals surface area contributed by atoms with Crippen molar-refractivity contribution in [3.63, 3.8) is 0 Å². The fourth-order valence-corrected chi connectivity index (χ4v) is 2.96. The minimum Gasteiger partial charge on any atom is -0.507 e. The molecule has 25 heavy (non-hydrogen) atoms. The van der Waals surface area contributed by atoms with E-state index >= 15 is 0 Å². The van der Waals surface area contributed by atoms with Gasteiger partial charge in [0, 0.05) is 36.1 Å². The molecule has 4 aromatic rings. The number of hydrogen-bond acceptors (Lipinski definition) is 4. The van der Waals surface area contributed by atoms with Gasteiger partial charge in [-0.3, -0.25) is 0 Å². The monoisotopic (exact) mass is 351 g/mol. The highest BCUT2D eigenvalue weighted by Gasteiger charge is 2.14. The van der Waals surface area contributed by atoms with E-state index in [1.54, 1.807) is 36.8 Å². The summed E-state index contributed by atoms with van der Waals surface area (Å²) >= 11 is 6.43. The third-order valence-corrected chi connectivity index (χ3v) is 4.23. The lowest BCUT2D eigenvalue weighted by molar-refractivity contribution is 0.433. The van der Waals surface area contributed by atoms with Crippen molar-refractivity contribution in [1.29, 1.82) is 0 Å². The summed E-state index contributed by atoms with van der Waals surface area (Å²) in [5.74, 6) is 0.710. The summed E-state index contributed by atoms with van der Waals surface area (Å²) < 4.78 is 7.39. The van der Waals surface area contributed by atoms with Gasteiger partial charge in [-0.1, -0.05) is 35.0 Å². The molecule has 0 saturated heterocycles. The maximum absolute atomic E-state index is 9.94. The number of imidazole rings is 1. The molecule has 0 aliphatic rings. The number of phenols is 1. The third kappa shape index (κ3) is 3.14. The van der Waals surface area contributed by atoms with Crippen molar-refractivity contribution in [3.8, 4) is 28.3 Å². The summed E-state index contributed by atoms with van der Waals surface area (Å²) in [4.78, 5) is 4.03. The first-order valence-corrected chi connectivity index (χ1v) is 8.08. The molecule has 0 amide bonds. The van der Waals surface area contributed by atoms with Crippen LogP contribution in [-0.2, 0) is 6.54 Å². The van der Waals surface area contributed by atoms with Crippen LogP contribution in [0.4, 0.5) is 0 Å². The fraction of sp³-hybridized carbons (Fsp3) is 0.0526. The molecule has 4 rings (SSSR count). The highest BCUT2D eigenvalue weighted by Crippen LogP contribution is 2.34. The van der Waals surface area contributed by atoms with E-state index in [4.69, 9.17) is 16.1 Å². The quantitative estimate of drug-likeness (QED) is 0.583. The largest absolute Gasteiger partial charge is 0.507 e. The van der Waals surface area contributed by atoms with Crippen LogP contribution in [0.3, 0.4) is 0 Å². The average Bonchev–Trinajstić information content (AvgIpc) is 3.27. The molecule has 0 saturated carbocycles. The number of aromatic hydroxyl groups is 1. The van der Waals surface area contributed by atoms with Gasteiger partial charge in [-0.2, -0.15) is 0 Å². The Balaban J connectivity index is 1.63. The first-order valence-electron chi connectivity index (χ1n) is 7.70. The molecule has 0 bridgehead atoms. The Morgan fingerprint density at radius 2 is 1.96 bits per heavy atom. The third-order valence-electron chi connectivity index (χ3n) is 3.91. The second-order valence-electron chi connectivity index (χ2n) is 5.64. The minimum absolute atomic E-state index is 0.157.